The third-order valence-corrected chi connectivity index (χ3v) is 3.12. The molecule has 1 rings (SSSR count). The minimum Gasteiger partial charge on any atom is -0.391 e. The predicted molar refractivity (Wildman–Crippen MR) is 61.5 cm³/mol. The minimum atomic E-state index is -0.404. The lowest BCUT2D eigenvalue weighted by Gasteiger charge is -2.51. The van der Waals surface area contributed by atoms with E-state index < -0.39 is 6.10 Å². The second kappa shape index (κ2) is 4.40. The average molecular weight is 215 g/mol. The van der Waals surface area contributed by atoms with Gasteiger partial charge in [0, 0.05) is 11.1 Å². The molecule has 0 aliphatic carbocycles. The number of piperidine rings is 1. The zero-order valence-corrected chi connectivity index (χ0v) is 10.7. The Labute approximate surface area is 93.4 Å². The van der Waals surface area contributed by atoms with Crippen molar-refractivity contribution in [2.45, 2.75) is 71.1 Å². The number of nitrogens with zero attached hydrogens (tertiary/aromatic N) is 1. The van der Waals surface area contributed by atoms with Gasteiger partial charge in [0.1, 0.15) is 0 Å². The van der Waals surface area contributed by atoms with Crippen molar-refractivity contribution in [1.82, 2.24) is 5.06 Å². The molecule has 1 saturated heterocycles. The van der Waals surface area contributed by atoms with Crippen LogP contribution < -0.4 is 0 Å². The Morgan fingerprint density at radius 3 is 2.07 bits per heavy atom. The number of hydroxylamine groups is 2. The van der Waals surface area contributed by atoms with E-state index in [2.05, 4.69) is 32.8 Å². The van der Waals surface area contributed by atoms with E-state index in [4.69, 9.17) is 4.84 Å². The van der Waals surface area contributed by atoms with Gasteiger partial charge in [-0.15, -0.1) is 0 Å². The van der Waals surface area contributed by atoms with Gasteiger partial charge in [-0.25, -0.2) is 0 Å². The summed E-state index contributed by atoms with van der Waals surface area (Å²) in [4.78, 5) is 5.76. The van der Waals surface area contributed by atoms with Gasteiger partial charge < -0.3 is 5.11 Å². The fourth-order valence-corrected chi connectivity index (χ4v) is 2.51. The van der Waals surface area contributed by atoms with E-state index in [1.807, 2.05) is 0 Å². The smallest absolute Gasteiger partial charge is 0.0942 e. The highest BCUT2D eigenvalue weighted by Crippen LogP contribution is 2.38. The molecule has 3 nitrogen and oxygen atoms in total. The van der Waals surface area contributed by atoms with Crippen LogP contribution in [0.5, 0.6) is 0 Å². The molecule has 90 valence electrons. The average Bonchev–Trinajstić information content (AvgIpc) is 1.99. The molecular formula is C12H25NO2. The summed E-state index contributed by atoms with van der Waals surface area (Å²) in [5.74, 6) is 0. The van der Waals surface area contributed by atoms with Crippen molar-refractivity contribution in [2.24, 2.45) is 0 Å². The van der Waals surface area contributed by atoms with E-state index in [-0.39, 0.29) is 11.1 Å². The lowest BCUT2D eigenvalue weighted by molar-refractivity contribution is -0.288. The maximum atomic E-state index is 9.27. The van der Waals surface area contributed by atoms with Crippen LogP contribution in [0.1, 0.15) is 53.9 Å². The molecule has 0 spiro atoms. The molecule has 0 aromatic rings. The monoisotopic (exact) mass is 215 g/mol. The largest absolute Gasteiger partial charge is 0.391 e. The molecule has 0 aromatic carbocycles. The zero-order valence-electron chi connectivity index (χ0n) is 10.7. The normalized spacial score (nSPS) is 27.6. The first-order chi connectivity index (χ1) is 6.76. The summed E-state index contributed by atoms with van der Waals surface area (Å²) >= 11 is 0. The van der Waals surface area contributed by atoms with Crippen molar-refractivity contribution in [2.75, 3.05) is 6.61 Å². The van der Waals surface area contributed by atoms with E-state index in [9.17, 15) is 5.11 Å². The Morgan fingerprint density at radius 2 is 1.67 bits per heavy atom. The van der Waals surface area contributed by atoms with Gasteiger partial charge in [0.15, 0.2) is 0 Å². The maximum Gasteiger partial charge on any atom is 0.0942 e. The summed E-state index contributed by atoms with van der Waals surface area (Å²) in [7, 11) is 0. The Hall–Kier alpha value is -0.120. The van der Waals surface area contributed by atoms with Gasteiger partial charge in [0.25, 0.3) is 0 Å². The summed E-state index contributed by atoms with van der Waals surface area (Å²) in [6.45, 7) is 11.0. The molecule has 1 aliphatic heterocycles. The van der Waals surface area contributed by atoms with Crippen LogP contribution in [-0.4, -0.2) is 34.0 Å². The molecule has 0 radical (unpaired) electrons. The van der Waals surface area contributed by atoms with Crippen molar-refractivity contribution in [3.63, 3.8) is 0 Å². The van der Waals surface area contributed by atoms with Crippen LogP contribution >= 0.6 is 0 Å². The molecule has 1 fully saturated rings. The van der Waals surface area contributed by atoms with E-state index in [1.165, 1.54) is 6.42 Å². The lowest BCUT2D eigenvalue weighted by atomic mass is 9.82. The number of hydrogen-bond donors (Lipinski definition) is 1. The van der Waals surface area contributed by atoms with Gasteiger partial charge >= 0.3 is 0 Å². The maximum absolute atomic E-state index is 9.27. The zero-order chi connectivity index (χ0) is 11.7. The molecule has 1 aliphatic rings. The molecule has 1 atom stereocenters. The number of rotatable bonds is 3. The van der Waals surface area contributed by atoms with Crippen LogP contribution in [-0.2, 0) is 4.84 Å². The van der Waals surface area contributed by atoms with Crippen LogP contribution in [0.4, 0.5) is 0 Å². The molecule has 0 saturated carbocycles. The molecule has 3 heteroatoms. The molecule has 1 unspecified atom stereocenters. The van der Waals surface area contributed by atoms with E-state index >= 15 is 0 Å². The highest BCUT2D eigenvalue weighted by atomic mass is 16.7. The second-order valence-corrected chi connectivity index (χ2v) is 5.92. The number of aliphatic hydroxyl groups is 1. The topological polar surface area (TPSA) is 32.7 Å². The molecule has 0 amide bonds. The summed E-state index contributed by atoms with van der Waals surface area (Å²) in [5, 5.41) is 11.4. The van der Waals surface area contributed by atoms with Gasteiger partial charge in [0.05, 0.1) is 12.7 Å². The first kappa shape index (κ1) is 12.9. The van der Waals surface area contributed by atoms with Crippen LogP contribution in [0.15, 0.2) is 0 Å². The fraction of sp³-hybridized carbons (Fsp3) is 1.00. The second-order valence-electron chi connectivity index (χ2n) is 5.92. The standard InChI is InChI=1S/C12H25NO2/c1-10(14)9-15-13-11(2,3)7-6-8-12(13,4)5/h10,14H,6-9H2,1-5H3. The fourth-order valence-electron chi connectivity index (χ4n) is 2.51. The summed E-state index contributed by atoms with van der Waals surface area (Å²) in [5.41, 5.74) is 0.132. The molecule has 0 bridgehead atoms. The Morgan fingerprint density at radius 1 is 1.20 bits per heavy atom. The van der Waals surface area contributed by atoms with Crippen LogP contribution in [0.25, 0.3) is 0 Å². The SMILES string of the molecule is CC(O)CON1C(C)(C)CCCC1(C)C. The van der Waals surface area contributed by atoms with Crippen LogP contribution in [0.3, 0.4) is 0 Å². The third kappa shape index (κ3) is 3.16. The Bertz CT molecular complexity index is 196. The quantitative estimate of drug-likeness (QED) is 0.784. The van der Waals surface area contributed by atoms with E-state index in [0.29, 0.717) is 6.61 Å². The first-order valence-corrected chi connectivity index (χ1v) is 5.87. The van der Waals surface area contributed by atoms with Crippen LogP contribution in [0, 0.1) is 0 Å². The molecule has 0 aromatic heterocycles. The minimum absolute atomic E-state index is 0.0661. The Balaban J connectivity index is 2.68. The van der Waals surface area contributed by atoms with Crippen LogP contribution in [0.2, 0.25) is 0 Å². The number of aliphatic hydroxyl groups excluding tert-OH is 1. The van der Waals surface area contributed by atoms with Gasteiger partial charge in [-0.05, 0) is 53.9 Å². The van der Waals surface area contributed by atoms with Crippen molar-refractivity contribution in [1.29, 1.82) is 0 Å². The molecule has 1 N–H and O–H groups in total. The van der Waals surface area contributed by atoms with E-state index in [0.717, 1.165) is 12.8 Å². The van der Waals surface area contributed by atoms with Crippen molar-refractivity contribution in [3.8, 4) is 0 Å². The van der Waals surface area contributed by atoms with Gasteiger partial charge in [-0.1, -0.05) is 0 Å². The molecular weight excluding hydrogens is 190 g/mol. The van der Waals surface area contributed by atoms with Gasteiger partial charge in [-0.2, -0.15) is 5.06 Å². The predicted octanol–water partition coefficient (Wildman–Crippen LogP) is 2.34. The summed E-state index contributed by atoms with van der Waals surface area (Å²) in [6.07, 6.45) is 3.14. The van der Waals surface area contributed by atoms with Crippen molar-refractivity contribution in [3.05, 3.63) is 0 Å². The number of hydrogen-bond acceptors (Lipinski definition) is 3. The molecule has 1 heterocycles. The van der Waals surface area contributed by atoms with Gasteiger partial charge in [-0.3, -0.25) is 4.84 Å². The van der Waals surface area contributed by atoms with E-state index in [1.54, 1.807) is 6.92 Å². The highest BCUT2D eigenvalue weighted by molar-refractivity contribution is 4.92. The summed E-state index contributed by atoms with van der Waals surface area (Å²) < 4.78 is 0. The van der Waals surface area contributed by atoms with Crippen molar-refractivity contribution < 1.29 is 9.94 Å². The summed E-state index contributed by atoms with van der Waals surface area (Å²) in [6, 6.07) is 0. The van der Waals surface area contributed by atoms with Crippen molar-refractivity contribution >= 4 is 0 Å². The van der Waals surface area contributed by atoms with Gasteiger partial charge in [0.2, 0.25) is 0 Å². The lowest BCUT2D eigenvalue weighted by Crippen LogP contribution is -2.58. The highest BCUT2D eigenvalue weighted by Gasteiger charge is 2.42. The Kier molecular flexibility index (Phi) is 3.80. The third-order valence-electron chi connectivity index (χ3n) is 3.12. The first-order valence-electron chi connectivity index (χ1n) is 5.87. The molecule has 15 heavy (non-hydrogen) atoms.